The lowest BCUT2D eigenvalue weighted by Gasteiger charge is -2.15. The molecule has 0 aliphatic heterocycles. The van der Waals surface area contributed by atoms with Crippen LogP contribution in [0.25, 0.3) is 0 Å². The number of amides is 2. The molecule has 0 fully saturated rings. The van der Waals surface area contributed by atoms with Gasteiger partial charge in [0, 0.05) is 38.1 Å². The fourth-order valence-electron chi connectivity index (χ4n) is 2.04. The molecule has 0 radical (unpaired) electrons. The summed E-state index contributed by atoms with van der Waals surface area (Å²) in [4.78, 5) is 30.1. The molecule has 0 atom stereocenters. The first kappa shape index (κ1) is 18.2. The molecule has 0 aromatic heterocycles. The minimum Gasteiger partial charge on any atom is -0.378 e. The van der Waals surface area contributed by atoms with Gasteiger partial charge in [0.05, 0.1) is 0 Å². The largest absolute Gasteiger partial charge is 0.378 e. The average molecular weight is 340 g/mol. The minimum atomic E-state index is -0.688. The molecule has 0 saturated carbocycles. The van der Waals surface area contributed by atoms with Crippen LogP contribution in [0, 0.1) is 0 Å². The number of carbonyl (C=O) groups is 2. The van der Waals surface area contributed by atoms with Crippen molar-refractivity contribution in [3.8, 4) is 0 Å². The van der Waals surface area contributed by atoms with Crippen LogP contribution in [0.15, 0.2) is 59.6 Å². The third kappa shape index (κ3) is 4.89. The van der Waals surface area contributed by atoms with Crippen LogP contribution in [0.5, 0.6) is 0 Å². The molecule has 0 spiro atoms. The first-order valence-electron chi connectivity index (χ1n) is 7.58. The number of amidine groups is 1. The van der Waals surface area contributed by atoms with Gasteiger partial charge in [0.25, 0.3) is 11.8 Å². The van der Waals surface area contributed by atoms with E-state index < -0.39 is 17.6 Å². The predicted octanol–water partition coefficient (Wildman–Crippen LogP) is 2.25. The van der Waals surface area contributed by atoms with Crippen molar-refractivity contribution in [2.24, 2.45) is 4.99 Å². The third-order valence-electron chi connectivity index (χ3n) is 3.38. The van der Waals surface area contributed by atoms with Crippen LogP contribution in [0.4, 0.5) is 11.4 Å². The number of hydrogen-bond acceptors (Lipinski definition) is 4. The van der Waals surface area contributed by atoms with E-state index in [1.807, 2.05) is 31.1 Å². The molecule has 0 aliphatic rings. The Morgan fingerprint density at radius 1 is 0.960 bits per heavy atom. The van der Waals surface area contributed by atoms with Crippen molar-refractivity contribution >= 4 is 29.0 Å². The number of hydrogen-bond donors (Lipinski definition) is 2. The Balaban J connectivity index is 2.17. The molecule has 0 heterocycles. The molecular formula is C18H20N4O3. The molecular weight excluding hydrogens is 320 g/mol. The van der Waals surface area contributed by atoms with Gasteiger partial charge in [0.2, 0.25) is 5.84 Å². The molecule has 0 aliphatic carbocycles. The Morgan fingerprint density at radius 3 is 2.08 bits per heavy atom. The topological polar surface area (TPSA) is 85.2 Å². The van der Waals surface area contributed by atoms with Gasteiger partial charge in [-0.05, 0) is 36.4 Å². The maximum absolute atomic E-state index is 12.3. The van der Waals surface area contributed by atoms with Crippen LogP contribution >= 0.6 is 0 Å². The fraction of sp³-hybridized carbons (Fsp3) is 0.167. The number of hydroxylamine groups is 2. The number of aliphatic imine (C=N–C) groups is 1. The zero-order valence-corrected chi connectivity index (χ0v) is 14.3. The second-order valence-corrected chi connectivity index (χ2v) is 5.53. The Kier molecular flexibility index (Phi) is 5.86. The summed E-state index contributed by atoms with van der Waals surface area (Å²) in [7, 11) is 5.05. The molecule has 0 unspecified atom stereocenters. The van der Waals surface area contributed by atoms with E-state index in [0.717, 1.165) is 5.69 Å². The molecule has 2 N–H and O–H groups in total. The van der Waals surface area contributed by atoms with Crippen LogP contribution in [-0.2, 0) is 4.79 Å². The molecule has 2 rings (SSSR count). The maximum Gasteiger partial charge on any atom is 0.293 e. The molecule has 2 aromatic carbocycles. The number of benzene rings is 2. The Hall–Kier alpha value is -3.19. The van der Waals surface area contributed by atoms with Gasteiger partial charge in [-0.1, -0.05) is 18.2 Å². The van der Waals surface area contributed by atoms with Crippen LogP contribution in [0.1, 0.15) is 10.4 Å². The van der Waals surface area contributed by atoms with Crippen molar-refractivity contribution in [3.05, 3.63) is 60.2 Å². The van der Waals surface area contributed by atoms with Crippen LogP contribution < -0.4 is 10.2 Å². The van der Waals surface area contributed by atoms with Crippen molar-refractivity contribution in [1.82, 2.24) is 5.06 Å². The van der Waals surface area contributed by atoms with E-state index in [9.17, 15) is 14.8 Å². The fourth-order valence-corrected chi connectivity index (χ4v) is 2.04. The van der Waals surface area contributed by atoms with Gasteiger partial charge in [0.1, 0.15) is 0 Å². The summed E-state index contributed by atoms with van der Waals surface area (Å²) in [6.07, 6.45) is 0. The first-order chi connectivity index (χ1) is 11.9. The van der Waals surface area contributed by atoms with Crippen molar-refractivity contribution in [2.45, 2.75) is 0 Å². The minimum absolute atomic E-state index is 0.324. The van der Waals surface area contributed by atoms with Crippen molar-refractivity contribution < 1.29 is 14.8 Å². The third-order valence-corrected chi connectivity index (χ3v) is 3.38. The number of carbonyl (C=O) groups excluding carboxylic acids is 2. The van der Waals surface area contributed by atoms with Gasteiger partial charge < -0.3 is 10.2 Å². The standard InChI is InChI=1S/C18H20N4O3/c1-21(2)15-11-9-14(10-12-15)19-18(24)16(22(3)25)20-17(23)13-7-5-4-6-8-13/h4-12,25H,1-3H3,(H,19,24). The highest BCUT2D eigenvalue weighted by Gasteiger charge is 2.18. The molecule has 7 heteroatoms. The predicted molar refractivity (Wildman–Crippen MR) is 97.2 cm³/mol. The van der Waals surface area contributed by atoms with E-state index in [-0.39, 0.29) is 0 Å². The quantitative estimate of drug-likeness (QED) is 0.508. The van der Waals surface area contributed by atoms with E-state index in [0.29, 0.717) is 16.3 Å². The van der Waals surface area contributed by atoms with Crippen molar-refractivity contribution in [2.75, 3.05) is 31.4 Å². The van der Waals surface area contributed by atoms with E-state index >= 15 is 0 Å². The van der Waals surface area contributed by atoms with Crippen LogP contribution in [0.2, 0.25) is 0 Å². The Morgan fingerprint density at radius 2 is 1.56 bits per heavy atom. The van der Waals surface area contributed by atoms with E-state index in [1.165, 1.54) is 7.05 Å². The molecule has 0 bridgehead atoms. The van der Waals surface area contributed by atoms with Gasteiger partial charge in [-0.3, -0.25) is 14.8 Å². The lowest BCUT2D eigenvalue weighted by atomic mass is 10.2. The van der Waals surface area contributed by atoms with Gasteiger partial charge in [-0.2, -0.15) is 4.99 Å². The highest BCUT2D eigenvalue weighted by atomic mass is 16.5. The summed E-state index contributed by atoms with van der Waals surface area (Å²) in [5.41, 5.74) is 1.83. The molecule has 7 nitrogen and oxygen atoms in total. The lowest BCUT2D eigenvalue weighted by molar-refractivity contribution is -0.112. The molecule has 0 saturated heterocycles. The normalized spacial score (nSPS) is 11.0. The van der Waals surface area contributed by atoms with E-state index in [2.05, 4.69) is 10.3 Å². The number of nitrogens with zero attached hydrogens (tertiary/aromatic N) is 3. The van der Waals surface area contributed by atoms with E-state index in [4.69, 9.17) is 0 Å². The maximum atomic E-state index is 12.3. The Labute approximate surface area is 146 Å². The summed E-state index contributed by atoms with van der Waals surface area (Å²) < 4.78 is 0. The van der Waals surface area contributed by atoms with E-state index in [1.54, 1.807) is 42.5 Å². The number of likely N-dealkylation sites (N-methyl/N-ethyl adjacent to an activating group) is 1. The lowest BCUT2D eigenvalue weighted by Crippen LogP contribution is -2.36. The van der Waals surface area contributed by atoms with Crippen molar-refractivity contribution in [3.63, 3.8) is 0 Å². The zero-order valence-electron chi connectivity index (χ0n) is 14.3. The zero-order chi connectivity index (χ0) is 18.4. The highest BCUT2D eigenvalue weighted by Crippen LogP contribution is 2.15. The summed E-state index contributed by atoms with van der Waals surface area (Å²) >= 11 is 0. The summed E-state index contributed by atoms with van der Waals surface area (Å²) in [6.45, 7) is 0. The smallest absolute Gasteiger partial charge is 0.293 e. The highest BCUT2D eigenvalue weighted by molar-refractivity contribution is 6.43. The van der Waals surface area contributed by atoms with Crippen LogP contribution in [0.3, 0.4) is 0 Å². The second kappa shape index (κ2) is 8.07. The number of nitrogens with one attached hydrogen (secondary N) is 1. The second-order valence-electron chi connectivity index (χ2n) is 5.53. The average Bonchev–Trinajstić information content (AvgIpc) is 2.60. The number of anilines is 2. The SMILES string of the molecule is CN(O)C(=NC(=O)c1ccccc1)C(=O)Nc1ccc(N(C)C)cc1. The molecule has 130 valence electrons. The number of rotatable bonds is 3. The van der Waals surface area contributed by atoms with Crippen LogP contribution in [-0.4, -0.2) is 49.1 Å². The van der Waals surface area contributed by atoms with Gasteiger partial charge >= 0.3 is 0 Å². The Bertz CT molecular complexity index is 769. The summed E-state index contributed by atoms with van der Waals surface area (Å²) in [6, 6.07) is 15.4. The summed E-state index contributed by atoms with van der Waals surface area (Å²) in [5, 5.41) is 12.8. The molecule has 2 amide bonds. The van der Waals surface area contributed by atoms with Gasteiger partial charge in [0.15, 0.2) is 0 Å². The van der Waals surface area contributed by atoms with Gasteiger partial charge in [-0.15, -0.1) is 0 Å². The first-order valence-corrected chi connectivity index (χ1v) is 7.58. The molecule has 25 heavy (non-hydrogen) atoms. The monoisotopic (exact) mass is 340 g/mol. The van der Waals surface area contributed by atoms with Crippen molar-refractivity contribution in [1.29, 1.82) is 0 Å². The van der Waals surface area contributed by atoms with Gasteiger partial charge in [-0.25, -0.2) is 5.06 Å². The summed E-state index contributed by atoms with van der Waals surface area (Å²) in [5.74, 6) is -1.70. The molecule has 2 aromatic rings.